The van der Waals surface area contributed by atoms with Gasteiger partial charge in [-0.1, -0.05) is 23.7 Å². The van der Waals surface area contributed by atoms with Crippen molar-refractivity contribution in [2.75, 3.05) is 0 Å². The van der Waals surface area contributed by atoms with E-state index in [0.29, 0.717) is 0 Å². The molecule has 2 aromatic rings. The quantitative estimate of drug-likeness (QED) is 0.777. The Morgan fingerprint density at radius 3 is 2.76 bits per heavy atom. The number of allylic oxidation sites excluding steroid dienone is 2. The van der Waals surface area contributed by atoms with Gasteiger partial charge in [0.1, 0.15) is 0 Å². The molecule has 0 atom stereocenters. The fraction of sp³-hybridized carbons (Fsp3) is 0.133. The van der Waals surface area contributed by atoms with Gasteiger partial charge in [-0.25, -0.2) is 0 Å². The predicted octanol–water partition coefficient (Wildman–Crippen LogP) is 3.92. The van der Waals surface area contributed by atoms with Crippen LogP contribution in [0.5, 0.6) is 0 Å². The van der Waals surface area contributed by atoms with Crippen LogP contribution in [0.4, 0.5) is 0 Å². The minimum absolute atomic E-state index is 0.811. The number of nitrogens with zero attached hydrogens (tertiary/aromatic N) is 1. The van der Waals surface area contributed by atoms with Gasteiger partial charge in [0.2, 0.25) is 0 Å². The van der Waals surface area contributed by atoms with E-state index in [2.05, 4.69) is 35.3 Å². The number of fused-ring (bicyclic) bond motifs is 1. The van der Waals surface area contributed by atoms with E-state index >= 15 is 0 Å². The Hall–Kier alpha value is -1.60. The van der Waals surface area contributed by atoms with Crippen LogP contribution < -0.4 is 0 Å². The predicted molar refractivity (Wildman–Crippen MR) is 71.1 cm³/mol. The third-order valence-corrected chi connectivity index (χ3v) is 3.37. The summed E-state index contributed by atoms with van der Waals surface area (Å²) in [6.07, 6.45) is 7.94. The Balaban J connectivity index is 1.91. The summed E-state index contributed by atoms with van der Waals surface area (Å²) in [5.41, 5.74) is 5.33. The maximum absolute atomic E-state index is 6.05. The van der Waals surface area contributed by atoms with E-state index in [1.807, 2.05) is 18.5 Å². The monoisotopic (exact) mass is 241 g/mol. The van der Waals surface area contributed by atoms with Crippen LogP contribution in [0.2, 0.25) is 5.02 Å². The van der Waals surface area contributed by atoms with Gasteiger partial charge in [0, 0.05) is 17.4 Å². The van der Waals surface area contributed by atoms with Crippen molar-refractivity contribution in [2.45, 2.75) is 12.8 Å². The lowest BCUT2D eigenvalue weighted by Crippen LogP contribution is -1.90. The number of benzene rings is 1. The van der Waals surface area contributed by atoms with Crippen LogP contribution in [-0.2, 0) is 12.8 Å². The first kappa shape index (κ1) is 10.5. The van der Waals surface area contributed by atoms with Gasteiger partial charge in [-0.2, -0.15) is 0 Å². The molecule has 1 aromatic carbocycles. The van der Waals surface area contributed by atoms with Crippen LogP contribution in [0.25, 0.3) is 5.57 Å². The summed E-state index contributed by atoms with van der Waals surface area (Å²) in [6.45, 7) is 0. The number of hydrogen-bond donors (Lipinski definition) is 0. The molecule has 0 radical (unpaired) electrons. The Kier molecular flexibility index (Phi) is 2.69. The molecule has 0 aliphatic heterocycles. The molecule has 17 heavy (non-hydrogen) atoms. The molecule has 1 aliphatic carbocycles. The van der Waals surface area contributed by atoms with E-state index < -0.39 is 0 Å². The van der Waals surface area contributed by atoms with Crippen molar-refractivity contribution in [1.82, 2.24) is 4.98 Å². The molecule has 0 fully saturated rings. The van der Waals surface area contributed by atoms with Crippen molar-refractivity contribution in [2.24, 2.45) is 0 Å². The first-order valence-electron chi connectivity index (χ1n) is 5.70. The second kappa shape index (κ2) is 4.34. The highest BCUT2D eigenvalue weighted by molar-refractivity contribution is 6.30. The van der Waals surface area contributed by atoms with Crippen molar-refractivity contribution < 1.29 is 0 Å². The average molecular weight is 242 g/mol. The zero-order valence-electron chi connectivity index (χ0n) is 9.36. The maximum atomic E-state index is 6.05. The standard InChI is InChI=1S/C15H12ClN/c16-14-4-3-12-1-2-13(15(12)10-14)9-11-5-7-17-8-6-11/h2-8,10H,1,9H2. The molecule has 1 nitrogen and oxygen atoms in total. The third-order valence-electron chi connectivity index (χ3n) is 3.13. The highest BCUT2D eigenvalue weighted by atomic mass is 35.5. The fourth-order valence-electron chi connectivity index (χ4n) is 2.26. The second-order valence-electron chi connectivity index (χ2n) is 4.27. The van der Waals surface area contributed by atoms with Gasteiger partial charge >= 0.3 is 0 Å². The van der Waals surface area contributed by atoms with Crippen molar-refractivity contribution in [3.63, 3.8) is 0 Å². The molecular weight excluding hydrogens is 230 g/mol. The Bertz CT molecular complexity index is 573. The molecule has 2 heteroatoms. The number of halogens is 1. The summed E-state index contributed by atoms with van der Waals surface area (Å²) in [5.74, 6) is 0. The summed E-state index contributed by atoms with van der Waals surface area (Å²) in [4.78, 5) is 4.04. The van der Waals surface area contributed by atoms with Crippen molar-refractivity contribution in [1.29, 1.82) is 0 Å². The summed E-state index contributed by atoms with van der Waals surface area (Å²) in [7, 11) is 0. The summed E-state index contributed by atoms with van der Waals surface area (Å²) in [5, 5.41) is 0.811. The zero-order valence-corrected chi connectivity index (χ0v) is 10.1. The normalized spacial score (nSPS) is 13.4. The molecule has 0 amide bonds. The van der Waals surface area contributed by atoms with Gasteiger partial charge < -0.3 is 0 Å². The second-order valence-corrected chi connectivity index (χ2v) is 4.70. The van der Waals surface area contributed by atoms with Crippen LogP contribution in [-0.4, -0.2) is 4.98 Å². The number of hydrogen-bond acceptors (Lipinski definition) is 1. The van der Waals surface area contributed by atoms with E-state index in [4.69, 9.17) is 11.6 Å². The molecule has 1 aliphatic rings. The van der Waals surface area contributed by atoms with E-state index in [9.17, 15) is 0 Å². The fourth-order valence-corrected chi connectivity index (χ4v) is 2.43. The van der Waals surface area contributed by atoms with Gasteiger partial charge in [0.25, 0.3) is 0 Å². The molecule has 0 unspecified atom stereocenters. The van der Waals surface area contributed by atoms with Gasteiger partial charge in [-0.15, -0.1) is 0 Å². The van der Waals surface area contributed by atoms with Crippen LogP contribution in [0.15, 0.2) is 48.8 Å². The van der Waals surface area contributed by atoms with Gasteiger partial charge in [0.05, 0.1) is 0 Å². The van der Waals surface area contributed by atoms with E-state index in [-0.39, 0.29) is 0 Å². The number of pyridine rings is 1. The molecule has 0 saturated carbocycles. The minimum atomic E-state index is 0.811. The number of aromatic nitrogens is 1. The molecular formula is C15H12ClN. The van der Waals surface area contributed by atoms with Gasteiger partial charge in [-0.05, 0) is 59.4 Å². The molecule has 0 bridgehead atoms. The number of rotatable bonds is 2. The van der Waals surface area contributed by atoms with Crippen LogP contribution >= 0.6 is 11.6 Å². The molecule has 3 rings (SSSR count). The molecule has 1 aromatic heterocycles. The van der Waals surface area contributed by atoms with Crippen molar-refractivity contribution >= 4 is 17.2 Å². The molecule has 84 valence electrons. The maximum Gasteiger partial charge on any atom is 0.0412 e. The third kappa shape index (κ3) is 2.11. The van der Waals surface area contributed by atoms with E-state index in [0.717, 1.165) is 17.9 Å². The summed E-state index contributed by atoms with van der Waals surface area (Å²) >= 11 is 6.05. The first-order valence-corrected chi connectivity index (χ1v) is 6.07. The highest BCUT2D eigenvalue weighted by Crippen LogP contribution is 2.31. The highest BCUT2D eigenvalue weighted by Gasteiger charge is 2.14. The lowest BCUT2D eigenvalue weighted by atomic mass is 10.00. The zero-order chi connectivity index (χ0) is 11.7. The lowest BCUT2D eigenvalue weighted by Gasteiger charge is -2.06. The Morgan fingerprint density at radius 1 is 1.12 bits per heavy atom. The molecule has 1 heterocycles. The van der Waals surface area contributed by atoms with Crippen molar-refractivity contribution in [3.05, 3.63) is 70.5 Å². The van der Waals surface area contributed by atoms with E-state index in [1.165, 1.54) is 22.3 Å². The van der Waals surface area contributed by atoms with Crippen LogP contribution in [0.3, 0.4) is 0 Å². The lowest BCUT2D eigenvalue weighted by molar-refractivity contribution is 1.22. The average Bonchev–Trinajstić information content (AvgIpc) is 2.73. The molecule has 0 N–H and O–H groups in total. The van der Waals surface area contributed by atoms with Gasteiger partial charge in [-0.3, -0.25) is 4.98 Å². The molecule has 0 spiro atoms. The molecule has 0 saturated heterocycles. The van der Waals surface area contributed by atoms with E-state index in [1.54, 1.807) is 0 Å². The topological polar surface area (TPSA) is 12.9 Å². The summed E-state index contributed by atoms with van der Waals surface area (Å²) < 4.78 is 0. The van der Waals surface area contributed by atoms with Crippen LogP contribution in [0.1, 0.15) is 16.7 Å². The van der Waals surface area contributed by atoms with Crippen molar-refractivity contribution in [3.8, 4) is 0 Å². The minimum Gasteiger partial charge on any atom is -0.265 e. The SMILES string of the molecule is Clc1ccc2c(c1)C(Cc1ccncc1)=CC2. The van der Waals surface area contributed by atoms with Gasteiger partial charge in [0.15, 0.2) is 0 Å². The largest absolute Gasteiger partial charge is 0.265 e. The Labute approximate surface area is 106 Å². The Morgan fingerprint density at radius 2 is 1.94 bits per heavy atom. The van der Waals surface area contributed by atoms with Crippen LogP contribution in [0, 0.1) is 0 Å². The summed E-state index contributed by atoms with van der Waals surface area (Å²) in [6, 6.07) is 10.3. The first-order chi connectivity index (χ1) is 8.33. The smallest absolute Gasteiger partial charge is 0.0412 e.